The third-order valence-electron chi connectivity index (χ3n) is 1.00. The molecule has 0 aliphatic heterocycles. The van der Waals surface area contributed by atoms with E-state index < -0.39 is 0 Å². The van der Waals surface area contributed by atoms with Gasteiger partial charge >= 0.3 is 0 Å². The van der Waals surface area contributed by atoms with Crippen molar-refractivity contribution in [3.05, 3.63) is 0 Å². The lowest BCUT2D eigenvalue weighted by atomic mass is 10.1. The van der Waals surface area contributed by atoms with E-state index in [9.17, 15) is 4.79 Å². The highest BCUT2D eigenvalue weighted by Gasteiger charge is 2.23. The van der Waals surface area contributed by atoms with Crippen LogP contribution in [-0.2, 0) is 4.79 Å². The summed E-state index contributed by atoms with van der Waals surface area (Å²) in [6.45, 7) is 7.32. The van der Waals surface area contributed by atoms with E-state index >= 15 is 0 Å². The van der Waals surface area contributed by atoms with E-state index in [4.69, 9.17) is 5.14 Å². The molecule has 4 heteroatoms. The molecule has 3 nitrogen and oxygen atoms in total. The summed E-state index contributed by atoms with van der Waals surface area (Å²) in [5.41, 5.74) is -0.189. The van der Waals surface area contributed by atoms with Gasteiger partial charge in [0.1, 0.15) is 0 Å². The van der Waals surface area contributed by atoms with Crippen molar-refractivity contribution in [2.75, 3.05) is 0 Å². The minimum Gasteiger partial charge on any atom is -0.274 e. The predicted octanol–water partition coefficient (Wildman–Crippen LogP) is 1.16. The summed E-state index contributed by atoms with van der Waals surface area (Å²) >= 11 is 0.969. The number of nitrogens with zero attached hydrogens (tertiary/aromatic N) is 1. The zero-order chi connectivity index (χ0) is 8.36. The summed E-state index contributed by atoms with van der Waals surface area (Å²) in [6, 6.07) is 0. The first kappa shape index (κ1) is 9.78. The van der Waals surface area contributed by atoms with E-state index in [2.05, 4.69) is 0 Å². The van der Waals surface area contributed by atoms with Crippen LogP contribution in [0.4, 0.5) is 0 Å². The lowest BCUT2D eigenvalue weighted by molar-refractivity contribution is -0.126. The number of rotatable bonds is 1. The zero-order valence-electron chi connectivity index (χ0n) is 6.84. The van der Waals surface area contributed by atoms with Gasteiger partial charge < -0.3 is 0 Å². The molecule has 0 aromatic heterocycles. The van der Waals surface area contributed by atoms with Gasteiger partial charge in [-0.1, -0.05) is 0 Å². The summed E-state index contributed by atoms with van der Waals surface area (Å²) in [6.07, 6.45) is 0. The number of carbonyl (C=O) groups excluding carboxylic acids is 1. The summed E-state index contributed by atoms with van der Waals surface area (Å²) in [5.74, 6) is -0.0139. The Morgan fingerprint density at radius 2 is 1.90 bits per heavy atom. The Hall–Kier alpha value is -0.220. The maximum atomic E-state index is 10.8. The average Bonchev–Trinajstić information content (AvgIpc) is 1.60. The Labute approximate surface area is 66.2 Å². The van der Waals surface area contributed by atoms with E-state index in [0.29, 0.717) is 0 Å². The monoisotopic (exact) mass is 162 g/mol. The molecule has 0 spiro atoms. The molecule has 0 radical (unpaired) electrons. The van der Waals surface area contributed by atoms with Crippen molar-refractivity contribution in [3.63, 3.8) is 0 Å². The summed E-state index contributed by atoms with van der Waals surface area (Å²) in [4.78, 5) is 10.8. The summed E-state index contributed by atoms with van der Waals surface area (Å²) in [5, 5.41) is 5.28. The van der Waals surface area contributed by atoms with Gasteiger partial charge in [0.05, 0.1) is 0 Å². The van der Waals surface area contributed by atoms with Gasteiger partial charge in [0, 0.05) is 24.6 Å². The second-order valence-electron chi connectivity index (χ2n) is 3.09. The first-order valence-corrected chi connectivity index (χ1v) is 3.91. The third kappa shape index (κ3) is 2.58. The molecular formula is C6H14N2OS. The minimum absolute atomic E-state index is 0.0139. The fraction of sp³-hybridized carbons (Fsp3) is 0.833. The van der Waals surface area contributed by atoms with Gasteiger partial charge in [-0.2, -0.15) is 0 Å². The van der Waals surface area contributed by atoms with Gasteiger partial charge in [-0.3, -0.25) is 14.2 Å². The lowest BCUT2D eigenvalue weighted by Crippen LogP contribution is -2.40. The molecule has 0 rings (SSSR count). The van der Waals surface area contributed by atoms with Gasteiger partial charge in [-0.05, 0) is 20.8 Å². The number of hydrogen-bond donors (Lipinski definition) is 1. The Balaban J connectivity index is 4.22. The highest BCUT2D eigenvalue weighted by atomic mass is 32.2. The Morgan fingerprint density at radius 3 is 1.90 bits per heavy atom. The van der Waals surface area contributed by atoms with Gasteiger partial charge in [0.15, 0.2) is 0 Å². The average molecular weight is 162 g/mol. The molecule has 0 aliphatic rings. The highest BCUT2D eigenvalue weighted by molar-refractivity contribution is 7.95. The molecule has 0 bridgehead atoms. The van der Waals surface area contributed by atoms with Crippen molar-refractivity contribution >= 4 is 18.0 Å². The van der Waals surface area contributed by atoms with Crippen molar-refractivity contribution in [2.45, 2.75) is 33.2 Å². The van der Waals surface area contributed by atoms with Crippen LogP contribution < -0.4 is 5.14 Å². The smallest absolute Gasteiger partial charge is 0.230 e. The molecule has 0 aromatic rings. The molecular weight excluding hydrogens is 148 g/mol. The zero-order valence-corrected chi connectivity index (χ0v) is 7.66. The second-order valence-corrected chi connectivity index (χ2v) is 3.67. The van der Waals surface area contributed by atoms with Crippen LogP contribution in [0.5, 0.6) is 0 Å². The second kappa shape index (κ2) is 3.25. The largest absolute Gasteiger partial charge is 0.274 e. The molecule has 60 valence electrons. The van der Waals surface area contributed by atoms with Crippen LogP contribution in [0.25, 0.3) is 0 Å². The van der Waals surface area contributed by atoms with Crippen molar-refractivity contribution in [2.24, 2.45) is 5.14 Å². The van der Waals surface area contributed by atoms with Crippen molar-refractivity contribution in [3.8, 4) is 0 Å². The molecule has 2 N–H and O–H groups in total. The first-order chi connectivity index (χ1) is 4.39. The molecule has 10 heavy (non-hydrogen) atoms. The number of nitrogens with two attached hydrogens (primary N) is 1. The Morgan fingerprint density at radius 1 is 1.50 bits per heavy atom. The molecule has 0 heterocycles. The lowest BCUT2D eigenvalue weighted by Gasteiger charge is -2.31. The maximum Gasteiger partial charge on any atom is 0.230 e. The molecule has 0 aliphatic carbocycles. The molecule has 0 saturated heterocycles. The topological polar surface area (TPSA) is 46.3 Å². The van der Waals surface area contributed by atoms with Crippen molar-refractivity contribution in [1.82, 2.24) is 4.31 Å². The number of amides is 1. The van der Waals surface area contributed by atoms with E-state index in [1.807, 2.05) is 20.8 Å². The standard InChI is InChI=1S/C6H14N2OS/c1-5(9)8(10-7)6(2,3)4/h7H2,1-4H3. The van der Waals surface area contributed by atoms with E-state index in [1.54, 1.807) is 0 Å². The Bertz CT molecular complexity index is 130. The first-order valence-electron chi connectivity index (χ1n) is 3.07. The molecule has 0 fully saturated rings. The molecule has 0 aromatic carbocycles. The van der Waals surface area contributed by atoms with Gasteiger partial charge in [-0.15, -0.1) is 0 Å². The normalized spacial score (nSPS) is 11.3. The predicted molar refractivity (Wildman–Crippen MR) is 44.1 cm³/mol. The number of carbonyl (C=O) groups is 1. The van der Waals surface area contributed by atoms with Gasteiger partial charge in [0.2, 0.25) is 5.91 Å². The van der Waals surface area contributed by atoms with Crippen LogP contribution in [0.3, 0.4) is 0 Å². The minimum atomic E-state index is -0.189. The molecule has 0 atom stereocenters. The highest BCUT2D eigenvalue weighted by Crippen LogP contribution is 2.18. The van der Waals surface area contributed by atoms with Gasteiger partial charge in [-0.25, -0.2) is 0 Å². The molecule has 0 unspecified atom stereocenters. The van der Waals surface area contributed by atoms with Crippen LogP contribution in [0, 0.1) is 0 Å². The van der Waals surface area contributed by atoms with Crippen LogP contribution in [0.1, 0.15) is 27.7 Å². The molecule has 0 saturated carbocycles. The van der Waals surface area contributed by atoms with Crippen molar-refractivity contribution in [1.29, 1.82) is 0 Å². The Kier molecular flexibility index (Phi) is 3.18. The number of hydrogen-bond acceptors (Lipinski definition) is 3. The van der Waals surface area contributed by atoms with E-state index in [0.717, 1.165) is 12.1 Å². The maximum absolute atomic E-state index is 10.8. The van der Waals surface area contributed by atoms with Crippen LogP contribution in [0.2, 0.25) is 0 Å². The SMILES string of the molecule is CC(=O)N(SN)C(C)(C)C. The van der Waals surface area contributed by atoms with E-state index in [-0.39, 0.29) is 11.4 Å². The van der Waals surface area contributed by atoms with Crippen LogP contribution >= 0.6 is 12.1 Å². The van der Waals surface area contributed by atoms with E-state index in [1.165, 1.54) is 11.2 Å². The quantitative estimate of drug-likeness (QED) is 0.588. The third-order valence-corrected chi connectivity index (χ3v) is 2.02. The summed E-state index contributed by atoms with van der Waals surface area (Å²) < 4.78 is 1.53. The van der Waals surface area contributed by atoms with Crippen LogP contribution in [-0.4, -0.2) is 15.8 Å². The van der Waals surface area contributed by atoms with Crippen molar-refractivity contribution < 1.29 is 4.79 Å². The fourth-order valence-corrected chi connectivity index (χ4v) is 1.17. The van der Waals surface area contributed by atoms with Crippen LogP contribution in [0.15, 0.2) is 0 Å². The molecule has 1 amide bonds. The van der Waals surface area contributed by atoms with Gasteiger partial charge in [0.25, 0.3) is 0 Å². The fourth-order valence-electron chi connectivity index (χ4n) is 0.705. The summed E-state index contributed by atoms with van der Waals surface area (Å²) in [7, 11) is 0.